The lowest BCUT2D eigenvalue weighted by atomic mass is 10.4. The highest BCUT2D eigenvalue weighted by Gasteiger charge is 1.87. The molecule has 0 aromatic rings. The highest BCUT2D eigenvalue weighted by molar-refractivity contribution is 5.85. The van der Waals surface area contributed by atoms with Gasteiger partial charge in [0.05, 0.1) is 6.61 Å². The fraction of sp³-hybridized carbons (Fsp3) is 1.00. The van der Waals surface area contributed by atoms with Crippen LogP contribution in [0.25, 0.3) is 0 Å². The van der Waals surface area contributed by atoms with E-state index in [0.29, 0.717) is 6.04 Å². The molecular formula is C6H16ClNO. The predicted molar refractivity (Wildman–Crippen MR) is 42.3 cm³/mol. The van der Waals surface area contributed by atoms with Crippen LogP contribution >= 0.6 is 12.4 Å². The van der Waals surface area contributed by atoms with Gasteiger partial charge in [-0.15, -0.1) is 12.4 Å². The first-order valence-electron chi connectivity index (χ1n) is 2.99. The maximum absolute atomic E-state index is 4.83. The van der Waals surface area contributed by atoms with Crippen LogP contribution in [-0.4, -0.2) is 26.3 Å². The van der Waals surface area contributed by atoms with E-state index in [4.69, 9.17) is 4.74 Å². The highest BCUT2D eigenvalue weighted by atomic mass is 35.5. The molecule has 0 amide bonds. The molecule has 0 aliphatic carbocycles. The van der Waals surface area contributed by atoms with E-state index in [2.05, 4.69) is 19.2 Å². The molecule has 0 aliphatic rings. The van der Waals surface area contributed by atoms with E-state index in [1.54, 1.807) is 7.11 Å². The lowest BCUT2D eigenvalue weighted by molar-refractivity contribution is 0.197. The molecule has 0 atom stereocenters. The molecule has 0 bridgehead atoms. The van der Waals surface area contributed by atoms with Crippen LogP contribution in [0.2, 0.25) is 0 Å². The molecule has 0 saturated heterocycles. The highest BCUT2D eigenvalue weighted by Crippen LogP contribution is 1.73. The number of nitrogens with one attached hydrogen (secondary N) is 1. The number of hydrogen-bond acceptors (Lipinski definition) is 2. The lowest BCUT2D eigenvalue weighted by Crippen LogP contribution is -2.26. The van der Waals surface area contributed by atoms with Crippen molar-refractivity contribution in [2.24, 2.45) is 0 Å². The summed E-state index contributed by atoms with van der Waals surface area (Å²) in [6.45, 7) is 6.00. The third-order valence-electron chi connectivity index (χ3n) is 0.859. The molecule has 0 saturated carbocycles. The molecule has 0 aromatic carbocycles. The number of ether oxygens (including phenoxy) is 1. The second kappa shape index (κ2) is 8.21. The molecule has 0 rings (SSSR count). The Morgan fingerprint density at radius 2 is 2.00 bits per heavy atom. The van der Waals surface area contributed by atoms with Crippen LogP contribution in [0, 0.1) is 0 Å². The van der Waals surface area contributed by atoms with Gasteiger partial charge in [0.1, 0.15) is 0 Å². The maximum Gasteiger partial charge on any atom is 0.0587 e. The smallest absolute Gasteiger partial charge is 0.0587 e. The van der Waals surface area contributed by atoms with Crippen LogP contribution in [0.1, 0.15) is 13.8 Å². The predicted octanol–water partition coefficient (Wildman–Crippen LogP) is 1.05. The SMILES string of the molecule is COCCNC(C)C.Cl. The van der Waals surface area contributed by atoms with Crippen molar-refractivity contribution in [1.29, 1.82) is 0 Å². The Morgan fingerprint density at radius 3 is 2.33 bits per heavy atom. The molecule has 0 unspecified atom stereocenters. The summed E-state index contributed by atoms with van der Waals surface area (Å²) in [7, 11) is 1.71. The summed E-state index contributed by atoms with van der Waals surface area (Å²) in [6, 6.07) is 0.574. The normalized spacial score (nSPS) is 9.33. The third-order valence-corrected chi connectivity index (χ3v) is 0.859. The van der Waals surface area contributed by atoms with Crippen molar-refractivity contribution in [3.63, 3.8) is 0 Å². The summed E-state index contributed by atoms with van der Waals surface area (Å²) in [6.07, 6.45) is 0. The van der Waals surface area contributed by atoms with Crippen molar-refractivity contribution in [2.75, 3.05) is 20.3 Å². The number of hydrogen-bond donors (Lipinski definition) is 1. The number of rotatable bonds is 4. The number of halogens is 1. The Balaban J connectivity index is 0. The lowest BCUT2D eigenvalue weighted by Gasteiger charge is -2.05. The average Bonchev–Trinajstić information content (AvgIpc) is 1.66. The first-order chi connectivity index (χ1) is 3.77. The van der Waals surface area contributed by atoms with Gasteiger partial charge in [-0.3, -0.25) is 0 Å². The third kappa shape index (κ3) is 11.7. The van der Waals surface area contributed by atoms with Gasteiger partial charge in [0, 0.05) is 19.7 Å². The van der Waals surface area contributed by atoms with Gasteiger partial charge < -0.3 is 10.1 Å². The zero-order valence-corrected chi connectivity index (χ0v) is 7.12. The Labute approximate surface area is 63.4 Å². The summed E-state index contributed by atoms with van der Waals surface area (Å²) < 4.78 is 4.83. The Kier molecular flexibility index (Phi) is 10.9. The largest absolute Gasteiger partial charge is 0.383 e. The molecule has 0 aliphatic heterocycles. The number of methoxy groups -OCH3 is 1. The van der Waals surface area contributed by atoms with Gasteiger partial charge in [-0.25, -0.2) is 0 Å². The molecule has 0 radical (unpaired) electrons. The van der Waals surface area contributed by atoms with E-state index in [-0.39, 0.29) is 12.4 Å². The van der Waals surface area contributed by atoms with Crippen LogP contribution in [0.4, 0.5) is 0 Å². The van der Waals surface area contributed by atoms with Crippen LogP contribution in [0.15, 0.2) is 0 Å². The van der Waals surface area contributed by atoms with Crippen molar-refractivity contribution in [3.05, 3.63) is 0 Å². The van der Waals surface area contributed by atoms with Gasteiger partial charge in [0.25, 0.3) is 0 Å². The van der Waals surface area contributed by atoms with E-state index in [1.165, 1.54) is 0 Å². The van der Waals surface area contributed by atoms with Crippen LogP contribution < -0.4 is 5.32 Å². The molecule has 0 fully saturated rings. The van der Waals surface area contributed by atoms with Crippen LogP contribution in [0.5, 0.6) is 0 Å². The van der Waals surface area contributed by atoms with Gasteiger partial charge in [-0.1, -0.05) is 13.8 Å². The Hall–Kier alpha value is 0.210. The molecule has 0 spiro atoms. The second-order valence-corrected chi connectivity index (χ2v) is 2.10. The summed E-state index contributed by atoms with van der Waals surface area (Å²) in [5.74, 6) is 0. The molecule has 2 nitrogen and oxygen atoms in total. The standard InChI is InChI=1S/C6H15NO.ClH/c1-6(2)7-4-5-8-3;/h6-7H,4-5H2,1-3H3;1H. The fourth-order valence-corrected chi connectivity index (χ4v) is 0.450. The average molecular weight is 154 g/mol. The summed E-state index contributed by atoms with van der Waals surface area (Å²) in [5.41, 5.74) is 0. The molecule has 0 heterocycles. The minimum atomic E-state index is 0. The zero-order chi connectivity index (χ0) is 6.41. The fourth-order valence-electron chi connectivity index (χ4n) is 0.450. The molecular weight excluding hydrogens is 138 g/mol. The van der Waals surface area contributed by atoms with Crippen LogP contribution in [0.3, 0.4) is 0 Å². The van der Waals surface area contributed by atoms with Gasteiger partial charge in [-0.2, -0.15) is 0 Å². The monoisotopic (exact) mass is 153 g/mol. The van der Waals surface area contributed by atoms with Gasteiger partial charge in [0.15, 0.2) is 0 Å². The summed E-state index contributed by atoms with van der Waals surface area (Å²) >= 11 is 0. The van der Waals surface area contributed by atoms with Gasteiger partial charge >= 0.3 is 0 Å². The van der Waals surface area contributed by atoms with Crippen molar-refractivity contribution < 1.29 is 4.74 Å². The van der Waals surface area contributed by atoms with Crippen LogP contribution in [-0.2, 0) is 4.74 Å². The van der Waals surface area contributed by atoms with Crippen molar-refractivity contribution >= 4 is 12.4 Å². The molecule has 58 valence electrons. The molecule has 0 aromatic heterocycles. The molecule has 1 N–H and O–H groups in total. The second-order valence-electron chi connectivity index (χ2n) is 2.10. The molecule has 9 heavy (non-hydrogen) atoms. The quantitative estimate of drug-likeness (QED) is 0.610. The first-order valence-corrected chi connectivity index (χ1v) is 2.99. The van der Waals surface area contributed by atoms with E-state index >= 15 is 0 Å². The Morgan fingerprint density at radius 1 is 1.44 bits per heavy atom. The topological polar surface area (TPSA) is 21.3 Å². The van der Waals surface area contributed by atoms with E-state index in [1.807, 2.05) is 0 Å². The zero-order valence-electron chi connectivity index (χ0n) is 6.31. The van der Waals surface area contributed by atoms with Crippen molar-refractivity contribution in [3.8, 4) is 0 Å². The van der Waals surface area contributed by atoms with E-state index < -0.39 is 0 Å². The van der Waals surface area contributed by atoms with E-state index in [9.17, 15) is 0 Å². The minimum Gasteiger partial charge on any atom is -0.383 e. The van der Waals surface area contributed by atoms with Gasteiger partial charge in [-0.05, 0) is 0 Å². The van der Waals surface area contributed by atoms with Crippen molar-refractivity contribution in [1.82, 2.24) is 5.32 Å². The first kappa shape index (κ1) is 11.9. The van der Waals surface area contributed by atoms with Crippen molar-refractivity contribution in [2.45, 2.75) is 19.9 Å². The van der Waals surface area contributed by atoms with E-state index in [0.717, 1.165) is 13.2 Å². The summed E-state index contributed by atoms with van der Waals surface area (Å²) in [4.78, 5) is 0. The minimum absolute atomic E-state index is 0. The molecule has 3 heteroatoms. The Bertz CT molecular complexity index is 50.3. The maximum atomic E-state index is 4.83. The van der Waals surface area contributed by atoms with Gasteiger partial charge in [0.2, 0.25) is 0 Å². The summed E-state index contributed by atoms with van der Waals surface area (Å²) in [5, 5.41) is 3.22.